The lowest BCUT2D eigenvalue weighted by molar-refractivity contribution is 0.162. The Morgan fingerprint density at radius 1 is 1.43 bits per heavy atom. The van der Waals surface area contributed by atoms with Gasteiger partial charge in [0.15, 0.2) is 5.82 Å². The summed E-state index contributed by atoms with van der Waals surface area (Å²) in [4.78, 5) is 4.34. The lowest BCUT2D eigenvalue weighted by Crippen LogP contribution is -2.35. The standard InChI is InChI=1S/C15H20FN3O2/c1-3-17-13(10-20-2)9-15-18-14(19-21-15)8-11-5-4-6-12(16)7-11/h4-7,13,17H,3,8-10H2,1-2H3. The Hall–Kier alpha value is -1.79. The van der Waals surface area contributed by atoms with Crippen LogP contribution in [0.25, 0.3) is 0 Å². The average molecular weight is 293 g/mol. The molecule has 1 aromatic carbocycles. The Morgan fingerprint density at radius 3 is 3.00 bits per heavy atom. The summed E-state index contributed by atoms with van der Waals surface area (Å²) < 4.78 is 23.5. The van der Waals surface area contributed by atoms with Crippen molar-refractivity contribution in [1.82, 2.24) is 15.5 Å². The van der Waals surface area contributed by atoms with Crippen LogP contribution in [0.1, 0.15) is 24.2 Å². The van der Waals surface area contributed by atoms with Gasteiger partial charge in [-0.3, -0.25) is 0 Å². The van der Waals surface area contributed by atoms with E-state index in [9.17, 15) is 4.39 Å². The molecule has 0 amide bonds. The molecule has 1 aromatic heterocycles. The van der Waals surface area contributed by atoms with Crippen molar-refractivity contribution in [3.05, 3.63) is 47.4 Å². The van der Waals surface area contributed by atoms with Gasteiger partial charge in [-0.15, -0.1) is 0 Å². The lowest BCUT2D eigenvalue weighted by atomic mass is 10.1. The quantitative estimate of drug-likeness (QED) is 0.806. The van der Waals surface area contributed by atoms with Crippen LogP contribution in [0.2, 0.25) is 0 Å². The van der Waals surface area contributed by atoms with E-state index in [1.54, 1.807) is 13.2 Å². The predicted octanol–water partition coefficient (Wildman–Crippen LogP) is 1.97. The van der Waals surface area contributed by atoms with Crippen LogP contribution >= 0.6 is 0 Å². The fraction of sp³-hybridized carbons (Fsp3) is 0.467. The van der Waals surface area contributed by atoms with Gasteiger partial charge in [0.2, 0.25) is 5.89 Å². The monoisotopic (exact) mass is 293 g/mol. The number of nitrogens with one attached hydrogen (secondary N) is 1. The van der Waals surface area contributed by atoms with E-state index in [2.05, 4.69) is 15.5 Å². The zero-order valence-corrected chi connectivity index (χ0v) is 12.3. The van der Waals surface area contributed by atoms with E-state index >= 15 is 0 Å². The van der Waals surface area contributed by atoms with Crippen molar-refractivity contribution in [2.75, 3.05) is 20.3 Å². The van der Waals surface area contributed by atoms with Crippen molar-refractivity contribution in [1.29, 1.82) is 0 Å². The molecule has 1 unspecified atom stereocenters. The summed E-state index contributed by atoms with van der Waals surface area (Å²) in [5, 5.41) is 7.23. The highest BCUT2D eigenvalue weighted by atomic mass is 19.1. The smallest absolute Gasteiger partial charge is 0.228 e. The highest BCUT2D eigenvalue weighted by Gasteiger charge is 2.14. The Bertz CT molecular complexity index is 553. The second-order valence-electron chi connectivity index (χ2n) is 4.83. The molecule has 0 aliphatic heterocycles. The van der Waals surface area contributed by atoms with Crippen LogP contribution in [-0.2, 0) is 17.6 Å². The van der Waals surface area contributed by atoms with E-state index in [4.69, 9.17) is 9.26 Å². The summed E-state index contributed by atoms with van der Waals surface area (Å²) in [6, 6.07) is 6.54. The number of ether oxygens (including phenoxy) is 1. The van der Waals surface area contributed by atoms with Crippen LogP contribution in [0.3, 0.4) is 0 Å². The highest BCUT2D eigenvalue weighted by Crippen LogP contribution is 2.10. The maximum atomic E-state index is 13.1. The van der Waals surface area contributed by atoms with Gasteiger partial charge in [-0.1, -0.05) is 24.2 Å². The molecule has 21 heavy (non-hydrogen) atoms. The number of hydrogen-bond acceptors (Lipinski definition) is 5. The molecule has 0 saturated heterocycles. The molecule has 0 spiro atoms. The van der Waals surface area contributed by atoms with Crippen molar-refractivity contribution >= 4 is 0 Å². The molecule has 6 heteroatoms. The third-order valence-electron chi connectivity index (χ3n) is 3.04. The Kier molecular flexibility index (Phi) is 5.83. The number of methoxy groups -OCH3 is 1. The van der Waals surface area contributed by atoms with E-state index in [1.807, 2.05) is 13.0 Å². The molecule has 114 valence electrons. The van der Waals surface area contributed by atoms with Gasteiger partial charge in [0, 0.05) is 26.0 Å². The van der Waals surface area contributed by atoms with E-state index in [-0.39, 0.29) is 11.9 Å². The molecule has 2 aromatic rings. The number of aromatic nitrogens is 2. The van der Waals surface area contributed by atoms with Gasteiger partial charge >= 0.3 is 0 Å². The summed E-state index contributed by atoms with van der Waals surface area (Å²) >= 11 is 0. The molecular weight excluding hydrogens is 273 g/mol. The molecule has 0 fully saturated rings. The summed E-state index contributed by atoms with van der Waals surface area (Å²) in [7, 11) is 1.66. The van der Waals surface area contributed by atoms with Gasteiger partial charge in [0.05, 0.1) is 6.61 Å². The third kappa shape index (κ3) is 4.91. The third-order valence-corrected chi connectivity index (χ3v) is 3.04. The summed E-state index contributed by atoms with van der Waals surface area (Å²) in [6.07, 6.45) is 1.06. The van der Waals surface area contributed by atoms with Crippen LogP contribution in [0.15, 0.2) is 28.8 Å². The van der Waals surface area contributed by atoms with Crippen LogP contribution in [0, 0.1) is 5.82 Å². The van der Waals surface area contributed by atoms with Gasteiger partial charge in [-0.25, -0.2) is 4.39 Å². The number of rotatable bonds is 8. The van der Waals surface area contributed by atoms with Crippen molar-refractivity contribution < 1.29 is 13.7 Å². The minimum absolute atomic E-state index is 0.141. The van der Waals surface area contributed by atoms with Gasteiger partial charge in [0.1, 0.15) is 5.82 Å². The molecule has 0 bridgehead atoms. The molecule has 0 aliphatic rings. The van der Waals surface area contributed by atoms with Crippen LogP contribution in [0.5, 0.6) is 0 Å². The van der Waals surface area contributed by atoms with Crippen molar-refractivity contribution in [2.24, 2.45) is 0 Å². The topological polar surface area (TPSA) is 60.2 Å². The summed E-state index contributed by atoms with van der Waals surface area (Å²) in [5.41, 5.74) is 0.822. The minimum atomic E-state index is -0.261. The molecule has 5 nitrogen and oxygen atoms in total. The molecule has 0 saturated carbocycles. The van der Waals surface area contributed by atoms with Crippen molar-refractivity contribution in [2.45, 2.75) is 25.8 Å². The maximum Gasteiger partial charge on any atom is 0.228 e. The van der Waals surface area contributed by atoms with Crippen molar-refractivity contribution in [3.8, 4) is 0 Å². The molecule has 1 N–H and O–H groups in total. The zero-order valence-electron chi connectivity index (χ0n) is 12.3. The minimum Gasteiger partial charge on any atom is -0.383 e. The Morgan fingerprint density at radius 2 is 2.29 bits per heavy atom. The van der Waals surface area contributed by atoms with Crippen LogP contribution in [-0.4, -0.2) is 36.4 Å². The SMILES string of the molecule is CCNC(COC)Cc1nc(Cc2cccc(F)c2)no1. The number of nitrogens with zero attached hydrogens (tertiary/aromatic N) is 2. The first kappa shape index (κ1) is 15.6. The Balaban J connectivity index is 1.97. The predicted molar refractivity (Wildman–Crippen MR) is 76.5 cm³/mol. The highest BCUT2D eigenvalue weighted by molar-refractivity contribution is 5.19. The fourth-order valence-corrected chi connectivity index (χ4v) is 2.17. The van der Waals surface area contributed by atoms with Gasteiger partial charge < -0.3 is 14.6 Å². The second-order valence-corrected chi connectivity index (χ2v) is 4.83. The second kappa shape index (κ2) is 7.85. The van der Waals surface area contributed by atoms with E-state index in [0.29, 0.717) is 31.2 Å². The maximum absolute atomic E-state index is 13.1. The number of hydrogen-bond donors (Lipinski definition) is 1. The molecule has 2 rings (SSSR count). The lowest BCUT2D eigenvalue weighted by Gasteiger charge is -2.14. The van der Waals surface area contributed by atoms with Crippen molar-refractivity contribution in [3.63, 3.8) is 0 Å². The number of halogens is 1. The zero-order chi connectivity index (χ0) is 15.1. The first-order valence-electron chi connectivity index (χ1n) is 6.99. The largest absolute Gasteiger partial charge is 0.383 e. The molecule has 1 heterocycles. The van der Waals surface area contributed by atoms with E-state index < -0.39 is 0 Å². The summed E-state index contributed by atoms with van der Waals surface area (Å²) in [6.45, 7) is 3.46. The Labute approximate surface area is 123 Å². The van der Waals surface area contributed by atoms with E-state index in [0.717, 1.165) is 12.1 Å². The molecular formula is C15H20FN3O2. The number of benzene rings is 1. The number of likely N-dealkylation sites (N-methyl/N-ethyl adjacent to an activating group) is 1. The average Bonchev–Trinajstić information content (AvgIpc) is 2.86. The van der Waals surface area contributed by atoms with Crippen LogP contribution < -0.4 is 5.32 Å². The fourth-order valence-electron chi connectivity index (χ4n) is 2.17. The first-order chi connectivity index (χ1) is 10.2. The van der Waals surface area contributed by atoms with Crippen LogP contribution in [0.4, 0.5) is 4.39 Å². The van der Waals surface area contributed by atoms with E-state index in [1.165, 1.54) is 12.1 Å². The van der Waals surface area contributed by atoms with Gasteiger partial charge in [-0.2, -0.15) is 4.98 Å². The first-order valence-corrected chi connectivity index (χ1v) is 6.99. The molecule has 0 radical (unpaired) electrons. The van der Waals surface area contributed by atoms with Gasteiger partial charge in [0.25, 0.3) is 0 Å². The molecule has 1 atom stereocenters. The molecule has 0 aliphatic carbocycles. The normalized spacial score (nSPS) is 12.5. The summed E-state index contributed by atoms with van der Waals surface area (Å²) in [5.74, 6) is 0.858. The van der Waals surface area contributed by atoms with Gasteiger partial charge in [-0.05, 0) is 24.2 Å².